The first-order valence-electron chi connectivity index (χ1n) is 8.47. The third-order valence-corrected chi connectivity index (χ3v) is 4.52. The van der Waals surface area contributed by atoms with E-state index in [2.05, 4.69) is 19.0 Å². The molecule has 24 heavy (non-hydrogen) atoms. The van der Waals surface area contributed by atoms with E-state index in [4.69, 9.17) is 9.26 Å². The average Bonchev–Trinajstić information content (AvgIpc) is 3.23. The number of amides is 1. The number of rotatable bonds is 5. The second-order valence-electron chi connectivity index (χ2n) is 6.58. The minimum atomic E-state index is 0.0272. The van der Waals surface area contributed by atoms with Crippen molar-refractivity contribution in [3.63, 3.8) is 0 Å². The Morgan fingerprint density at radius 3 is 2.96 bits per heavy atom. The first kappa shape index (κ1) is 16.6. The van der Waals surface area contributed by atoms with Crippen molar-refractivity contribution in [3.8, 4) is 5.75 Å². The van der Waals surface area contributed by atoms with Gasteiger partial charge < -0.3 is 14.2 Å². The first-order chi connectivity index (χ1) is 11.6. The summed E-state index contributed by atoms with van der Waals surface area (Å²) >= 11 is 0. The van der Waals surface area contributed by atoms with Gasteiger partial charge in [-0.25, -0.2) is 0 Å². The Hall–Kier alpha value is -2.30. The summed E-state index contributed by atoms with van der Waals surface area (Å²) in [4.78, 5) is 14.7. The third-order valence-electron chi connectivity index (χ3n) is 4.52. The summed E-state index contributed by atoms with van der Waals surface area (Å²) in [6.07, 6.45) is 2.31. The Balaban J connectivity index is 1.73. The van der Waals surface area contributed by atoms with Crippen molar-refractivity contribution in [2.75, 3.05) is 13.7 Å². The Kier molecular flexibility index (Phi) is 4.88. The molecule has 5 heteroatoms. The van der Waals surface area contributed by atoms with E-state index >= 15 is 0 Å². The van der Waals surface area contributed by atoms with E-state index < -0.39 is 0 Å². The molecule has 0 radical (unpaired) electrons. The molecule has 3 rings (SSSR count). The topological polar surface area (TPSA) is 55.6 Å². The van der Waals surface area contributed by atoms with Crippen LogP contribution in [0.3, 0.4) is 0 Å². The van der Waals surface area contributed by atoms with Gasteiger partial charge in [-0.3, -0.25) is 4.79 Å². The number of carbonyl (C=O) groups is 1. The molecule has 1 aromatic heterocycles. The van der Waals surface area contributed by atoms with Crippen LogP contribution in [0.4, 0.5) is 0 Å². The van der Waals surface area contributed by atoms with E-state index in [0.717, 1.165) is 42.2 Å². The largest absolute Gasteiger partial charge is 0.497 e. The fourth-order valence-corrected chi connectivity index (χ4v) is 3.16. The van der Waals surface area contributed by atoms with E-state index in [1.54, 1.807) is 7.11 Å². The number of ether oxygens (including phenoxy) is 1. The fourth-order valence-electron chi connectivity index (χ4n) is 3.16. The number of benzene rings is 1. The van der Waals surface area contributed by atoms with Crippen molar-refractivity contribution in [3.05, 3.63) is 47.3 Å². The summed E-state index contributed by atoms with van der Waals surface area (Å²) in [7, 11) is 1.63. The van der Waals surface area contributed by atoms with Gasteiger partial charge in [-0.2, -0.15) is 0 Å². The molecule has 128 valence electrons. The molecule has 0 spiro atoms. The number of aromatic nitrogens is 1. The highest BCUT2D eigenvalue weighted by molar-refractivity contribution is 5.79. The van der Waals surface area contributed by atoms with Gasteiger partial charge in [0.15, 0.2) is 0 Å². The van der Waals surface area contributed by atoms with Crippen LogP contribution in [0, 0.1) is 0 Å². The minimum Gasteiger partial charge on any atom is -0.497 e. The third kappa shape index (κ3) is 3.45. The molecule has 1 fully saturated rings. The van der Waals surface area contributed by atoms with Crippen LogP contribution in [0.2, 0.25) is 0 Å². The van der Waals surface area contributed by atoms with Gasteiger partial charge in [-0.1, -0.05) is 31.1 Å². The fraction of sp³-hybridized carbons (Fsp3) is 0.474. The van der Waals surface area contributed by atoms with E-state index in [9.17, 15) is 4.79 Å². The molecule has 2 heterocycles. The molecule has 1 saturated heterocycles. The number of nitrogens with zero attached hydrogens (tertiary/aromatic N) is 2. The standard InChI is InChI=1S/C19H24N2O3/c1-13(2)18-12-16(20-24-18)17-8-5-9-21(17)19(22)11-14-6-4-7-15(10-14)23-3/h4,6-7,10,12-13,17H,5,8-9,11H2,1-3H3/t17-/m1/s1. The average molecular weight is 328 g/mol. The van der Waals surface area contributed by atoms with Gasteiger partial charge in [0.1, 0.15) is 17.2 Å². The Morgan fingerprint density at radius 1 is 1.42 bits per heavy atom. The molecule has 2 aromatic rings. The van der Waals surface area contributed by atoms with Crippen LogP contribution in [0.5, 0.6) is 5.75 Å². The molecular formula is C19H24N2O3. The lowest BCUT2D eigenvalue weighted by Crippen LogP contribution is -2.32. The highest BCUT2D eigenvalue weighted by Gasteiger charge is 2.32. The maximum atomic E-state index is 12.8. The molecule has 1 aliphatic rings. The lowest BCUT2D eigenvalue weighted by Gasteiger charge is -2.23. The second-order valence-corrected chi connectivity index (χ2v) is 6.58. The first-order valence-corrected chi connectivity index (χ1v) is 8.47. The van der Waals surface area contributed by atoms with Crippen LogP contribution in [0.1, 0.15) is 55.7 Å². The molecule has 1 atom stereocenters. The number of likely N-dealkylation sites (tertiary alicyclic amines) is 1. The lowest BCUT2D eigenvalue weighted by atomic mass is 10.1. The monoisotopic (exact) mass is 328 g/mol. The van der Waals surface area contributed by atoms with Gasteiger partial charge in [0.05, 0.1) is 19.6 Å². The predicted octanol–water partition coefficient (Wildman–Crippen LogP) is 3.71. The number of methoxy groups -OCH3 is 1. The molecule has 0 unspecified atom stereocenters. The van der Waals surface area contributed by atoms with E-state index in [1.807, 2.05) is 35.2 Å². The Morgan fingerprint density at radius 2 is 2.25 bits per heavy atom. The zero-order chi connectivity index (χ0) is 17.1. The SMILES string of the molecule is COc1cccc(CC(=O)N2CCC[C@@H]2c2cc(C(C)C)on2)c1. The molecule has 5 nitrogen and oxygen atoms in total. The van der Waals surface area contributed by atoms with Crippen LogP contribution >= 0.6 is 0 Å². The number of carbonyl (C=O) groups excluding carboxylic acids is 1. The lowest BCUT2D eigenvalue weighted by molar-refractivity contribution is -0.131. The van der Waals surface area contributed by atoms with Crippen molar-refractivity contribution >= 4 is 5.91 Å². The molecular weight excluding hydrogens is 304 g/mol. The number of hydrogen-bond acceptors (Lipinski definition) is 4. The van der Waals surface area contributed by atoms with Gasteiger partial charge in [0, 0.05) is 18.5 Å². The molecule has 1 aliphatic heterocycles. The summed E-state index contributed by atoms with van der Waals surface area (Å²) in [5, 5.41) is 4.20. The van der Waals surface area contributed by atoms with Gasteiger partial charge >= 0.3 is 0 Å². The highest BCUT2D eigenvalue weighted by Crippen LogP contribution is 2.33. The van der Waals surface area contributed by atoms with Crippen molar-refractivity contribution in [1.29, 1.82) is 0 Å². The van der Waals surface area contributed by atoms with Gasteiger partial charge in [-0.05, 0) is 30.5 Å². The maximum absolute atomic E-state index is 12.8. The van der Waals surface area contributed by atoms with Crippen LogP contribution in [0.15, 0.2) is 34.9 Å². The molecule has 0 saturated carbocycles. The second kappa shape index (κ2) is 7.07. The van der Waals surface area contributed by atoms with E-state index in [0.29, 0.717) is 12.3 Å². The van der Waals surface area contributed by atoms with Gasteiger partial charge in [0.25, 0.3) is 0 Å². The molecule has 0 N–H and O–H groups in total. The normalized spacial score (nSPS) is 17.5. The summed E-state index contributed by atoms with van der Waals surface area (Å²) in [5.41, 5.74) is 1.84. The van der Waals surface area contributed by atoms with Gasteiger partial charge in [0.2, 0.25) is 5.91 Å². The van der Waals surface area contributed by atoms with Crippen LogP contribution in [-0.2, 0) is 11.2 Å². The number of hydrogen-bond donors (Lipinski definition) is 0. The minimum absolute atomic E-state index is 0.0272. The summed E-state index contributed by atoms with van der Waals surface area (Å²) in [6.45, 7) is 4.92. The highest BCUT2D eigenvalue weighted by atomic mass is 16.5. The zero-order valence-corrected chi connectivity index (χ0v) is 14.5. The van der Waals surface area contributed by atoms with Gasteiger partial charge in [-0.15, -0.1) is 0 Å². The van der Waals surface area contributed by atoms with Crippen molar-refractivity contribution < 1.29 is 14.1 Å². The zero-order valence-electron chi connectivity index (χ0n) is 14.5. The van der Waals surface area contributed by atoms with Crippen LogP contribution in [0.25, 0.3) is 0 Å². The van der Waals surface area contributed by atoms with Crippen molar-refractivity contribution in [2.24, 2.45) is 0 Å². The molecule has 1 amide bonds. The quantitative estimate of drug-likeness (QED) is 0.839. The van der Waals surface area contributed by atoms with Crippen LogP contribution in [-0.4, -0.2) is 29.6 Å². The Labute approximate surface area is 142 Å². The van der Waals surface area contributed by atoms with Crippen LogP contribution < -0.4 is 4.74 Å². The molecule has 0 aliphatic carbocycles. The summed E-state index contributed by atoms with van der Waals surface area (Å²) in [6, 6.07) is 9.69. The smallest absolute Gasteiger partial charge is 0.227 e. The predicted molar refractivity (Wildman–Crippen MR) is 91.0 cm³/mol. The van der Waals surface area contributed by atoms with E-state index in [-0.39, 0.29) is 11.9 Å². The molecule has 0 bridgehead atoms. The van der Waals surface area contributed by atoms with Crippen molar-refractivity contribution in [2.45, 2.75) is 45.1 Å². The molecule has 1 aromatic carbocycles. The van der Waals surface area contributed by atoms with E-state index in [1.165, 1.54) is 0 Å². The summed E-state index contributed by atoms with van der Waals surface area (Å²) in [5.74, 6) is 2.07. The Bertz CT molecular complexity index is 708. The maximum Gasteiger partial charge on any atom is 0.227 e. The van der Waals surface area contributed by atoms with Crippen molar-refractivity contribution in [1.82, 2.24) is 10.1 Å². The summed E-state index contributed by atoms with van der Waals surface area (Å²) < 4.78 is 10.6.